The van der Waals surface area contributed by atoms with E-state index in [1.807, 2.05) is 30.6 Å². The molecule has 11 nitrogen and oxygen atoms in total. The van der Waals surface area contributed by atoms with Gasteiger partial charge in [0.15, 0.2) is 0 Å². The van der Waals surface area contributed by atoms with Crippen molar-refractivity contribution in [1.82, 2.24) is 9.80 Å². The number of carbonyl (C=O) groups is 2. The van der Waals surface area contributed by atoms with Gasteiger partial charge >= 0.3 is 17.9 Å². The summed E-state index contributed by atoms with van der Waals surface area (Å²) < 4.78 is 2.59. The summed E-state index contributed by atoms with van der Waals surface area (Å²) in [5.41, 5.74) is 5.84. The van der Waals surface area contributed by atoms with Crippen LogP contribution in [0.25, 0.3) is 0 Å². The number of hydrogen-bond donors (Lipinski definition) is 4. The number of aryl methyl sites for hydroxylation is 1. The number of hydrogen-bond acceptors (Lipinski definition) is 8. The average molecular weight is 847 g/mol. The fourth-order valence-corrected chi connectivity index (χ4v) is 8.15. The summed E-state index contributed by atoms with van der Waals surface area (Å²) >= 11 is 0. The van der Waals surface area contributed by atoms with Crippen LogP contribution in [0.1, 0.15) is 120 Å². The van der Waals surface area contributed by atoms with Gasteiger partial charge in [0.05, 0.1) is 51.4 Å². The van der Waals surface area contributed by atoms with Crippen LogP contribution in [0.3, 0.4) is 0 Å². The van der Waals surface area contributed by atoms with Gasteiger partial charge in [-0.2, -0.15) is 0 Å². The second kappa shape index (κ2) is 21.0. The van der Waals surface area contributed by atoms with Crippen molar-refractivity contribution in [3.63, 3.8) is 0 Å². The van der Waals surface area contributed by atoms with Crippen LogP contribution in [-0.4, -0.2) is 110 Å². The molecule has 2 unspecified atom stereocenters. The van der Waals surface area contributed by atoms with E-state index in [-0.39, 0.29) is 40.3 Å². The molecule has 0 aromatic heterocycles. The molecule has 0 saturated heterocycles. The first-order chi connectivity index (χ1) is 27.5. The summed E-state index contributed by atoms with van der Waals surface area (Å²) in [4.78, 5) is 33.5. The monoisotopic (exact) mass is 846 g/mol. The minimum atomic E-state index is -1.82. The first-order valence-corrected chi connectivity index (χ1v) is 20.9. The molecule has 0 bridgehead atoms. The molecule has 3 aromatic carbocycles. The van der Waals surface area contributed by atoms with Gasteiger partial charge < -0.3 is 20.4 Å². The van der Waals surface area contributed by atoms with Crippen LogP contribution in [0, 0.1) is 0 Å². The standard InChI is InChI=1S/C45H61N5O2.C2H2O4.Cr/c1-44(2,3)37-28-34(19-13-23-48-24-14-25-49-26-15-27-50(43(48)49)32-33-16-8-7-9-17-33)41(51)36(29-37)31-47-40-22-11-10-21-39(40)46-30-35-18-12-20-38(42(35)52)45(4,5)6;3-1(4)2(5)6;/h7-9,12,16-18,20,28-31,39-40H,10-11,13-15,19,21-27,32H2,1-6H3,(H-,46,47,51,52);(H,3,4)(H,5,6);/p+1. The smallest absolute Gasteiger partial charge is 0.414 e. The largest absolute Gasteiger partial charge is 0.507 e. The van der Waals surface area contributed by atoms with Crippen molar-refractivity contribution in [2.75, 3.05) is 32.7 Å². The third-order valence-corrected chi connectivity index (χ3v) is 11.3. The molecule has 1 fully saturated rings. The molecular weight excluding hydrogens is 783 g/mol. The topological polar surface area (TPSA) is 149 Å². The Kier molecular flexibility index (Phi) is 16.8. The SMILES string of the molecule is CC(C)(C)c1cc(C=NC2CCCCC2N=Cc2cccc(C(C)(C)C)c2O)c(O)c(CCCN2CCC[N+]3=C2N(Cc2ccccc2)CCC3)c1.O=C(O)C(=O)O.[Cr]. The summed E-state index contributed by atoms with van der Waals surface area (Å²) in [5.74, 6) is -1.59. The van der Waals surface area contributed by atoms with Crippen molar-refractivity contribution in [3.05, 3.63) is 94.0 Å². The number of phenols is 2. The Bertz CT molecular complexity index is 1970. The summed E-state index contributed by atoms with van der Waals surface area (Å²) in [5, 5.41) is 37.5. The number of para-hydroxylation sites is 1. The Hall–Kier alpha value is -4.66. The first kappa shape index (κ1) is 47.0. The second-order valence-electron chi connectivity index (χ2n) is 17.9. The van der Waals surface area contributed by atoms with E-state index in [1.54, 1.807) is 0 Å². The predicted molar refractivity (Wildman–Crippen MR) is 231 cm³/mol. The number of rotatable bonds is 10. The van der Waals surface area contributed by atoms with Crippen LogP contribution >= 0.6 is 0 Å². The van der Waals surface area contributed by atoms with E-state index in [9.17, 15) is 10.2 Å². The third kappa shape index (κ3) is 12.9. The van der Waals surface area contributed by atoms with Gasteiger partial charge in [-0.25, -0.2) is 9.59 Å². The molecule has 3 aliphatic rings. The van der Waals surface area contributed by atoms with Crippen LogP contribution in [-0.2, 0) is 50.7 Å². The molecule has 2 aliphatic heterocycles. The zero-order valence-electron chi connectivity index (χ0n) is 35.7. The maximum atomic E-state index is 11.7. The van der Waals surface area contributed by atoms with Gasteiger partial charge in [-0.15, -0.1) is 0 Å². The Labute approximate surface area is 361 Å². The normalized spacial score (nSPS) is 18.6. The molecule has 6 rings (SSSR count). The fourth-order valence-electron chi connectivity index (χ4n) is 8.15. The minimum absolute atomic E-state index is 0. The molecule has 1 aliphatic carbocycles. The van der Waals surface area contributed by atoms with Gasteiger partial charge in [-0.3, -0.25) is 24.4 Å². The van der Waals surface area contributed by atoms with Crippen molar-refractivity contribution < 1.29 is 52.0 Å². The molecule has 318 valence electrons. The van der Waals surface area contributed by atoms with E-state index in [2.05, 4.69) is 98.4 Å². The molecule has 0 amide bonds. The van der Waals surface area contributed by atoms with E-state index in [0.29, 0.717) is 11.5 Å². The Morgan fingerprint density at radius 3 is 1.92 bits per heavy atom. The molecule has 59 heavy (non-hydrogen) atoms. The van der Waals surface area contributed by atoms with E-state index in [4.69, 9.17) is 29.8 Å². The molecule has 3 aromatic rings. The van der Waals surface area contributed by atoms with Gasteiger partial charge in [-0.05, 0) is 70.9 Å². The molecule has 12 heteroatoms. The van der Waals surface area contributed by atoms with Crippen molar-refractivity contribution in [2.45, 2.75) is 122 Å². The van der Waals surface area contributed by atoms with Crippen LogP contribution < -0.4 is 0 Å². The van der Waals surface area contributed by atoms with Gasteiger partial charge in [0, 0.05) is 53.8 Å². The molecule has 0 spiro atoms. The number of guanidine groups is 1. The summed E-state index contributed by atoms with van der Waals surface area (Å²) in [7, 11) is 0. The first-order valence-electron chi connectivity index (χ1n) is 20.9. The number of nitrogens with zero attached hydrogens (tertiary/aromatic N) is 5. The van der Waals surface area contributed by atoms with Gasteiger partial charge in [0.2, 0.25) is 0 Å². The van der Waals surface area contributed by atoms with Crippen LogP contribution in [0.15, 0.2) is 70.6 Å². The number of aromatic hydroxyl groups is 2. The van der Waals surface area contributed by atoms with Crippen molar-refractivity contribution >= 4 is 30.3 Å². The number of aliphatic carboxylic acids is 2. The minimum Gasteiger partial charge on any atom is -0.507 e. The molecule has 4 N–H and O–H groups in total. The van der Waals surface area contributed by atoms with Crippen LogP contribution in [0.5, 0.6) is 11.5 Å². The van der Waals surface area contributed by atoms with Crippen molar-refractivity contribution in [2.24, 2.45) is 9.98 Å². The second-order valence-corrected chi connectivity index (χ2v) is 17.9. The number of carboxylic acids is 2. The van der Waals surface area contributed by atoms with Crippen LogP contribution in [0.2, 0.25) is 0 Å². The number of phenolic OH excluding ortho intramolecular Hbond substituents is 2. The Balaban J connectivity index is 0.00000102. The average Bonchev–Trinajstić information content (AvgIpc) is 3.18. The number of benzene rings is 3. The van der Waals surface area contributed by atoms with Gasteiger partial charge in [0.25, 0.3) is 0 Å². The maximum absolute atomic E-state index is 11.7. The molecule has 1 saturated carbocycles. The van der Waals surface area contributed by atoms with Gasteiger partial charge in [-0.1, -0.05) is 103 Å². The zero-order valence-corrected chi connectivity index (χ0v) is 37.0. The Morgan fingerprint density at radius 1 is 0.746 bits per heavy atom. The molecule has 0 radical (unpaired) electrons. The van der Waals surface area contributed by atoms with E-state index >= 15 is 0 Å². The zero-order chi connectivity index (χ0) is 42.0. The maximum Gasteiger partial charge on any atom is 0.414 e. The van der Waals surface area contributed by atoms with E-state index < -0.39 is 11.9 Å². The fraction of sp³-hybridized carbons (Fsp3) is 0.511. The third-order valence-electron chi connectivity index (χ3n) is 11.3. The molecule has 2 atom stereocenters. The quantitative estimate of drug-likeness (QED) is 0.0927. The predicted octanol–water partition coefficient (Wildman–Crippen LogP) is 7.61. The van der Waals surface area contributed by atoms with Crippen molar-refractivity contribution in [1.29, 1.82) is 0 Å². The van der Waals surface area contributed by atoms with Crippen LogP contribution in [0.4, 0.5) is 0 Å². The molecule has 2 heterocycles. The van der Waals surface area contributed by atoms with E-state index in [1.165, 1.54) is 29.9 Å². The summed E-state index contributed by atoms with van der Waals surface area (Å²) in [6.07, 6.45) is 12.1. The summed E-state index contributed by atoms with van der Waals surface area (Å²) in [6, 6.07) is 21.2. The van der Waals surface area contributed by atoms with Crippen molar-refractivity contribution in [3.8, 4) is 11.5 Å². The van der Waals surface area contributed by atoms with E-state index in [0.717, 1.165) is 100 Å². The molecular formula is C47H64CrN5O6+. The summed E-state index contributed by atoms with van der Waals surface area (Å²) in [6.45, 7) is 19.4. The Morgan fingerprint density at radius 2 is 1.34 bits per heavy atom. The number of aliphatic imine (C=N–C) groups is 2. The van der Waals surface area contributed by atoms with Gasteiger partial charge in [0.1, 0.15) is 11.5 Å². The number of carboxylic acid groups (broad SMARTS) is 2.